The maximum Gasteiger partial charge on any atom is 0.411 e. The number of ether oxygens (including phenoxy) is 1. The van der Waals surface area contributed by atoms with Gasteiger partial charge >= 0.3 is 6.09 Å². The van der Waals surface area contributed by atoms with E-state index in [1.165, 1.54) is 16.7 Å². The van der Waals surface area contributed by atoms with Gasteiger partial charge in [-0.3, -0.25) is 14.5 Å². The second-order valence-electron chi connectivity index (χ2n) is 8.77. The molecule has 0 aromatic carbocycles. The van der Waals surface area contributed by atoms with Crippen LogP contribution in [0.15, 0.2) is 18.5 Å². The molecular formula is C20H29N5O5. The fourth-order valence-corrected chi connectivity index (χ4v) is 3.98. The van der Waals surface area contributed by atoms with E-state index in [2.05, 4.69) is 15.3 Å². The van der Waals surface area contributed by atoms with Crippen molar-refractivity contribution in [3.05, 3.63) is 24.3 Å². The summed E-state index contributed by atoms with van der Waals surface area (Å²) in [6, 6.07) is 0.605. The summed E-state index contributed by atoms with van der Waals surface area (Å²) in [5, 5.41) is 12.9. The quantitative estimate of drug-likeness (QED) is 0.664. The average Bonchev–Trinajstić information content (AvgIpc) is 3.12. The minimum Gasteiger partial charge on any atom is -0.444 e. The molecule has 0 radical (unpaired) electrons. The van der Waals surface area contributed by atoms with Gasteiger partial charge in [0, 0.05) is 18.9 Å². The van der Waals surface area contributed by atoms with E-state index in [0.717, 1.165) is 0 Å². The maximum absolute atomic E-state index is 13.2. The van der Waals surface area contributed by atoms with E-state index in [4.69, 9.17) is 4.74 Å². The topological polar surface area (TPSA) is 125 Å². The molecule has 0 saturated carbocycles. The molecule has 0 bridgehead atoms. The molecule has 1 aromatic heterocycles. The van der Waals surface area contributed by atoms with Crippen molar-refractivity contribution in [2.45, 2.75) is 70.4 Å². The fraction of sp³-hybridized carbons (Fsp3) is 0.650. The van der Waals surface area contributed by atoms with E-state index in [1.54, 1.807) is 39.2 Å². The Morgan fingerprint density at radius 2 is 2.00 bits per heavy atom. The number of hydrogen-bond donors (Lipinski definition) is 2. The summed E-state index contributed by atoms with van der Waals surface area (Å²) in [4.78, 5) is 49.3. The van der Waals surface area contributed by atoms with Crippen LogP contribution in [-0.4, -0.2) is 79.2 Å². The van der Waals surface area contributed by atoms with Crippen LogP contribution < -0.4 is 5.32 Å². The third-order valence-electron chi connectivity index (χ3n) is 5.29. The number of amides is 3. The Labute approximate surface area is 175 Å². The van der Waals surface area contributed by atoms with Crippen LogP contribution in [0, 0.1) is 0 Å². The zero-order valence-corrected chi connectivity index (χ0v) is 17.8. The van der Waals surface area contributed by atoms with Crippen molar-refractivity contribution >= 4 is 17.9 Å². The predicted octanol–water partition coefficient (Wildman–Crippen LogP) is 0.454. The Kier molecular flexibility index (Phi) is 5.98. The first-order valence-corrected chi connectivity index (χ1v) is 10.1. The van der Waals surface area contributed by atoms with Gasteiger partial charge in [-0.25, -0.2) is 14.8 Å². The molecule has 1 spiro atoms. The van der Waals surface area contributed by atoms with Gasteiger partial charge < -0.3 is 20.1 Å². The number of hydrogen-bond acceptors (Lipinski definition) is 7. The molecule has 0 aliphatic carbocycles. The first-order chi connectivity index (χ1) is 14.0. The Balaban J connectivity index is 1.69. The second-order valence-corrected chi connectivity index (χ2v) is 8.77. The van der Waals surface area contributed by atoms with Crippen LogP contribution in [0.25, 0.3) is 0 Å². The van der Waals surface area contributed by atoms with Gasteiger partial charge in [-0.05, 0) is 46.6 Å². The Morgan fingerprint density at radius 3 is 2.57 bits per heavy atom. The molecule has 10 nitrogen and oxygen atoms in total. The van der Waals surface area contributed by atoms with Crippen molar-refractivity contribution in [2.75, 3.05) is 13.1 Å². The molecule has 3 rings (SSSR count). The van der Waals surface area contributed by atoms with E-state index in [1.807, 2.05) is 0 Å². The Bertz CT molecular complexity index is 810. The standard InChI is InChI=1S/C20H29N5O5/c1-13(26)15(16(27)23-11-14-21-8-6-9-22-14)24-12-20(17(24)28)7-5-10-25(20)18(29)30-19(2,3)4/h6,8-9,13,15,26H,5,7,10-12H2,1-4H3,(H,23,27). The number of rotatable bonds is 5. The third kappa shape index (κ3) is 4.23. The number of aromatic nitrogens is 2. The monoisotopic (exact) mass is 419 g/mol. The van der Waals surface area contributed by atoms with Crippen LogP contribution in [-0.2, 0) is 20.9 Å². The maximum atomic E-state index is 13.2. The summed E-state index contributed by atoms with van der Waals surface area (Å²) in [7, 11) is 0. The number of β-lactam (4-membered cyclic amide) rings is 1. The summed E-state index contributed by atoms with van der Waals surface area (Å²) in [6.45, 7) is 7.45. The van der Waals surface area contributed by atoms with E-state index in [-0.39, 0.29) is 19.0 Å². The smallest absolute Gasteiger partial charge is 0.411 e. The van der Waals surface area contributed by atoms with Crippen molar-refractivity contribution in [3.8, 4) is 0 Å². The van der Waals surface area contributed by atoms with Gasteiger partial charge in [-0.15, -0.1) is 0 Å². The van der Waals surface area contributed by atoms with E-state index in [0.29, 0.717) is 25.2 Å². The van der Waals surface area contributed by atoms with Crippen LogP contribution in [0.3, 0.4) is 0 Å². The molecule has 10 heteroatoms. The van der Waals surface area contributed by atoms with Crippen molar-refractivity contribution in [1.29, 1.82) is 0 Å². The molecule has 3 heterocycles. The zero-order chi connectivity index (χ0) is 22.1. The number of carbonyl (C=O) groups excluding carboxylic acids is 3. The molecule has 1 aromatic rings. The second kappa shape index (κ2) is 8.17. The lowest BCUT2D eigenvalue weighted by molar-refractivity contribution is -0.171. The Morgan fingerprint density at radius 1 is 1.33 bits per heavy atom. The highest BCUT2D eigenvalue weighted by Crippen LogP contribution is 2.41. The van der Waals surface area contributed by atoms with Crippen LogP contribution in [0.1, 0.15) is 46.4 Å². The molecule has 3 atom stereocenters. The van der Waals surface area contributed by atoms with Gasteiger partial charge in [0.2, 0.25) is 5.91 Å². The van der Waals surface area contributed by atoms with Crippen molar-refractivity contribution in [3.63, 3.8) is 0 Å². The van der Waals surface area contributed by atoms with Crippen LogP contribution in [0.4, 0.5) is 4.79 Å². The fourth-order valence-electron chi connectivity index (χ4n) is 3.98. The summed E-state index contributed by atoms with van der Waals surface area (Å²) in [6.07, 6.45) is 2.69. The molecule has 3 amide bonds. The highest BCUT2D eigenvalue weighted by Gasteiger charge is 2.62. The van der Waals surface area contributed by atoms with Gasteiger partial charge in [0.25, 0.3) is 5.91 Å². The number of likely N-dealkylation sites (tertiary alicyclic amines) is 2. The normalized spacial score (nSPS) is 23.2. The van der Waals surface area contributed by atoms with Crippen molar-refractivity contribution in [1.82, 2.24) is 25.1 Å². The number of aliphatic hydroxyl groups is 1. The van der Waals surface area contributed by atoms with Crippen molar-refractivity contribution < 1.29 is 24.2 Å². The molecule has 2 saturated heterocycles. The van der Waals surface area contributed by atoms with Crippen LogP contribution in [0.2, 0.25) is 0 Å². The highest BCUT2D eigenvalue weighted by atomic mass is 16.6. The van der Waals surface area contributed by atoms with Gasteiger partial charge in [0.05, 0.1) is 19.2 Å². The lowest BCUT2D eigenvalue weighted by Gasteiger charge is -2.53. The number of aliphatic hydroxyl groups excluding tert-OH is 1. The molecule has 30 heavy (non-hydrogen) atoms. The van der Waals surface area contributed by atoms with Crippen LogP contribution in [0.5, 0.6) is 0 Å². The van der Waals surface area contributed by atoms with E-state index in [9.17, 15) is 19.5 Å². The average molecular weight is 419 g/mol. The molecule has 164 valence electrons. The molecular weight excluding hydrogens is 390 g/mol. The molecule has 2 fully saturated rings. The van der Waals surface area contributed by atoms with E-state index < -0.39 is 35.3 Å². The third-order valence-corrected chi connectivity index (χ3v) is 5.29. The van der Waals surface area contributed by atoms with E-state index >= 15 is 0 Å². The number of nitrogens with one attached hydrogen (secondary N) is 1. The lowest BCUT2D eigenvalue weighted by Crippen LogP contribution is -2.77. The Hall–Kier alpha value is -2.75. The number of nitrogens with zero attached hydrogens (tertiary/aromatic N) is 4. The minimum absolute atomic E-state index is 0.0834. The first-order valence-electron chi connectivity index (χ1n) is 10.1. The lowest BCUT2D eigenvalue weighted by atomic mass is 9.83. The van der Waals surface area contributed by atoms with Crippen LogP contribution >= 0.6 is 0 Å². The highest BCUT2D eigenvalue weighted by molar-refractivity contribution is 5.99. The summed E-state index contributed by atoms with van der Waals surface area (Å²) in [5.41, 5.74) is -1.67. The molecule has 2 N–H and O–H groups in total. The van der Waals surface area contributed by atoms with Gasteiger partial charge in [-0.1, -0.05) is 0 Å². The van der Waals surface area contributed by atoms with Gasteiger partial charge in [-0.2, -0.15) is 0 Å². The summed E-state index contributed by atoms with van der Waals surface area (Å²) in [5.74, 6) is -0.418. The molecule has 2 aliphatic rings. The minimum atomic E-state index is -1.08. The van der Waals surface area contributed by atoms with Gasteiger partial charge in [0.1, 0.15) is 23.0 Å². The largest absolute Gasteiger partial charge is 0.444 e. The first kappa shape index (κ1) is 21.9. The summed E-state index contributed by atoms with van der Waals surface area (Å²) >= 11 is 0. The summed E-state index contributed by atoms with van der Waals surface area (Å²) < 4.78 is 5.45. The number of carbonyl (C=O) groups is 3. The molecule has 2 aliphatic heterocycles. The SMILES string of the molecule is CC(O)C(C(=O)NCc1ncccn1)N1CC2(CCCN2C(=O)OC(C)(C)C)C1=O. The molecule has 3 unspecified atom stereocenters. The van der Waals surface area contributed by atoms with Crippen molar-refractivity contribution in [2.24, 2.45) is 0 Å². The predicted molar refractivity (Wildman–Crippen MR) is 106 cm³/mol. The zero-order valence-electron chi connectivity index (χ0n) is 17.8. The van der Waals surface area contributed by atoms with Gasteiger partial charge in [0.15, 0.2) is 0 Å².